The van der Waals surface area contributed by atoms with E-state index in [1.165, 1.54) is 0 Å². The first kappa shape index (κ1) is 29.3. The maximum absolute atomic E-state index is 13.0. The number of ether oxygens (including phenoxy) is 2. The van der Waals surface area contributed by atoms with Crippen LogP contribution < -0.4 is 4.90 Å². The number of hydrogen-bond donors (Lipinski definition) is 1. The number of carbonyl (C=O) groups is 2. The van der Waals surface area contributed by atoms with E-state index < -0.39 is 24.0 Å². The molecule has 1 amide bonds. The van der Waals surface area contributed by atoms with Crippen LogP contribution in [0.5, 0.6) is 0 Å². The quantitative estimate of drug-likeness (QED) is 0.554. The van der Waals surface area contributed by atoms with Gasteiger partial charge in [-0.2, -0.15) is 26.3 Å². The number of piperidine rings is 2. The number of aromatic nitrogens is 2. The van der Waals surface area contributed by atoms with E-state index in [0.29, 0.717) is 31.9 Å². The minimum Gasteiger partial charge on any atom is -0.475 e. The molecule has 0 unspecified atom stereocenters. The minimum atomic E-state index is -5.08. The number of amides is 1. The Morgan fingerprint density at radius 1 is 1.08 bits per heavy atom. The van der Waals surface area contributed by atoms with E-state index in [1.807, 2.05) is 9.80 Å². The zero-order valence-electron chi connectivity index (χ0n) is 21.0. The second-order valence-corrected chi connectivity index (χ2v) is 10.5. The fourth-order valence-corrected chi connectivity index (χ4v) is 5.76. The second kappa shape index (κ2) is 11.4. The van der Waals surface area contributed by atoms with Crippen molar-refractivity contribution in [3.63, 3.8) is 0 Å². The van der Waals surface area contributed by atoms with Gasteiger partial charge in [-0.05, 0) is 37.0 Å². The molecule has 5 heterocycles. The Bertz CT molecular complexity index is 1020. The van der Waals surface area contributed by atoms with Gasteiger partial charge in [-0.15, -0.1) is 0 Å². The fourth-order valence-electron chi connectivity index (χ4n) is 5.76. The Hall–Kier alpha value is -2.68. The topological polar surface area (TPSA) is 105 Å². The molecule has 4 saturated heterocycles. The molecule has 4 aliphatic heterocycles. The van der Waals surface area contributed by atoms with Gasteiger partial charge in [-0.1, -0.05) is 0 Å². The number of nitrogens with zero attached hydrogens (tertiary/aromatic N) is 4. The van der Waals surface area contributed by atoms with Crippen LogP contribution in [0.25, 0.3) is 0 Å². The van der Waals surface area contributed by atoms with Crippen LogP contribution in [-0.4, -0.2) is 90.1 Å². The van der Waals surface area contributed by atoms with Crippen LogP contribution in [0.4, 0.5) is 32.2 Å². The maximum atomic E-state index is 13.0. The molecule has 39 heavy (non-hydrogen) atoms. The zero-order chi connectivity index (χ0) is 28.4. The molecule has 0 saturated carbocycles. The van der Waals surface area contributed by atoms with Crippen molar-refractivity contribution in [2.45, 2.75) is 50.6 Å². The van der Waals surface area contributed by atoms with E-state index in [1.54, 1.807) is 0 Å². The molecule has 0 aliphatic carbocycles. The fraction of sp³-hybridized carbons (Fsp3) is 0.750. The summed E-state index contributed by atoms with van der Waals surface area (Å²) in [6.07, 6.45) is -4.46. The number of fused-ring (bicyclic) bond motifs is 1. The van der Waals surface area contributed by atoms with Crippen molar-refractivity contribution < 1.29 is 50.5 Å². The van der Waals surface area contributed by atoms with Crippen LogP contribution in [0, 0.1) is 17.3 Å². The van der Waals surface area contributed by atoms with Crippen LogP contribution in [0.3, 0.4) is 0 Å². The van der Waals surface area contributed by atoms with Gasteiger partial charge in [0.2, 0.25) is 5.91 Å². The van der Waals surface area contributed by atoms with E-state index >= 15 is 0 Å². The van der Waals surface area contributed by atoms with Crippen molar-refractivity contribution in [3.8, 4) is 0 Å². The van der Waals surface area contributed by atoms with Crippen molar-refractivity contribution in [1.29, 1.82) is 0 Å². The largest absolute Gasteiger partial charge is 0.490 e. The van der Waals surface area contributed by atoms with Gasteiger partial charge in [-0.3, -0.25) is 4.79 Å². The zero-order valence-corrected chi connectivity index (χ0v) is 21.0. The van der Waals surface area contributed by atoms with E-state index in [9.17, 15) is 31.1 Å². The number of carbonyl (C=O) groups excluding carboxylic acids is 1. The van der Waals surface area contributed by atoms with Gasteiger partial charge in [0.05, 0.1) is 25.7 Å². The van der Waals surface area contributed by atoms with Crippen molar-refractivity contribution in [1.82, 2.24) is 14.9 Å². The first-order chi connectivity index (χ1) is 18.3. The molecular weight excluding hydrogens is 538 g/mol. The molecule has 4 aliphatic rings. The van der Waals surface area contributed by atoms with E-state index in [2.05, 4.69) is 9.97 Å². The van der Waals surface area contributed by atoms with Gasteiger partial charge in [0, 0.05) is 44.8 Å². The molecule has 0 bridgehead atoms. The summed E-state index contributed by atoms with van der Waals surface area (Å²) in [5, 5.41) is 7.12. The molecule has 5 rings (SSSR count). The van der Waals surface area contributed by atoms with E-state index in [0.717, 1.165) is 64.4 Å². The highest BCUT2D eigenvalue weighted by Gasteiger charge is 2.44. The van der Waals surface area contributed by atoms with Gasteiger partial charge < -0.3 is 24.4 Å². The highest BCUT2D eigenvalue weighted by atomic mass is 19.4. The summed E-state index contributed by atoms with van der Waals surface area (Å²) < 4.78 is 82.3. The van der Waals surface area contributed by atoms with Crippen LogP contribution in [0.15, 0.2) is 12.4 Å². The molecule has 1 aromatic heterocycles. The highest BCUT2D eigenvalue weighted by molar-refractivity contribution is 5.77. The summed E-state index contributed by atoms with van der Waals surface area (Å²) in [4.78, 5) is 33.1. The average molecular weight is 569 g/mol. The lowest BCUT2D eigenvalue weighted by molar-refractivity contribution is -0.192. The number of hydrogen-bond acceptors (Lipinski definition) is 7. The number of anilines is 1. The average Bonchev–Trinajstić information content (AvgIpc) is 3.50. The van der Waals surface area contributed by atoms with Gasteiger partial charge in [0.1, 0.15) is 17.8 Å². The lowest BCUT2D eigenvalue weighted by Crippen LogP contribution is -2.46. The standard InChI is InChI=1S/C22H29F3N4O3.C2HF3O2/c23-22(24,25)18-10-19(27-14-26-18)29-5-1-16-15(11-29)12-32-17(16)9-20(30)28-6-2-21(3-7-28)4-8-31-13-21;3-2(4,5)1(6)7/h10,14-17H,1-9,11-13H2;(H,6,7)/t15-,16-,17+;/m1./s1. The minimum absolute atomic E-state index is 0.114. The molecule has 4 fully saturated rings. The smallest absolute Gasteiger partial charge is 0.475 e. The lowest BCUT2D eigenvalue weighted by atomic mass is 9.78. The van der Waals surface area contributed by atoms with Gasteiger partial charge in [0.25, 0.3) is 0 Å². The van der Waals surface area contributed by atoms with Crippen molar-refractivity contribution in [2.24, 2.45) is 17.3 Å². The summed E-state index contributed by atoms with van der Waals surface area (Å²) in [7, 11) is 0. The Kier molecular flexibility index (Phi) is 8.59. The lowest BCUT2D eigenvalue weighted by Gasteiger charge is -2.39. The number of likely N-dealkylation sites (tertiary alicyclic amines) is 1. The summed E-state index contributed by atoms with van der Waals surface area (Å²) in [6.45, 7) is 4.91. The van der Waals surface area contributed by atoms with Gasteiger partial charge >= 0.3 is 18.3 Å². The molecule has 15 heteroatoms. The highest BCUT2D eigenvalue weighted by Crippen LogP contribution is 2.41. The Labute approximate surface area is 220 Å². The molecular formula is C24H30F6N4O5. The molecule has 0 radical (unpaired) electrons. The number of halogens is 6. The van der Waals surface area contributed by atoms with Gasteiger partial charge in [0.15, 0.2) is 0 Å². The number of carboxylic acids is 1. The third-order valence-corrected chi connectivity index (χ3v) is 8.04. The first-order valence-electron chi connectivity index (χ1n) is 12.7. The van der Waals surface area contributed by atoms with Crippen LogP contribution in [0.2, 0.25) is 0 Å². The Balaban J connectivity index is 0.000000448. The number of aliphatic carboxylic acids is 1. The third kappa shape index (κ3) is 7.10. The van der Waals surface area contributed by atoms with Crippen molar-refractivity contribution in [3.05, 3.63) is 18.1 Å². The predicted octanol–water partition coefficient (Wildman–Crippen LogP) is 3.39. The normalized spacial score (nSPS) is 26.7. The summed E-state index contributed by atoms with van der Waals surface area (Å²) >= 11 is 0. The van der Waals surface area contributed by atoms with Crippen molar-refractivity contribution >= 4 is 17.7 Å². The van der Waals surface area contributed by atoms with Crippen LogP contribution in [-0.2, 0) is 25.2 Å². The summed E-state index contributed by atoms with van der Waals surface area (Å²) in [5.41, 5.74) is -0.658. The molecule has 9 nitrogen and oxygen atoms in total. The Morgan fingerprint density at radius 2 is 1.77 bits per heavy atom. The van der Waals surface area contributed by atoms with E-state index in [4.69, 9.17) is 19.4 Å². The molecule has 218 valence electrons. The van der Waals surface area contributed by atoms with E-state index in [-0.39, 0.29) is 29.3 Å². The number of rotatable bonds is 3. The summed E-state index contributed by atoms with van der Waals surface area (Å²) in [6, 6.07) is 1.01. The molecule has 3 atom stereocenters. The van der Waals surface area contributed by atoms with Crippen LogP contribution in [0.1, 0.15) is 37.8 Å². The first-order valence-corrected chi connectivity index (χ1v) is 12.7. The monoisotopic (exact) mass is 568 g/mol. The number of alkyl halides is 6. The molecule has 0 aromatic carbocycles. The SMILES string of the molecule is O=C(C[C@@H]1OC[C@H]2CN(c3cc(C(F)(F)F)ncn3)CC[C@H]21)N1CCC2(CCOC2)CC1.O=C(O)C(F)(F)F. The predicted molar refractivity (Wildman–Crippen MR) is 123 cm³/mol. The van der Waals surface area contributed by atoms with Crippen LogP contribution >= 0.6 is 0 Å². The molecule has 1 aromatic rings. The maximum Gasteiger partial charge on any atom is 0.490 e. The number of carboxylic acid groups (broad SMARTS) is 1. The summed E-state index contributed by atoms with van der Waals surface area (Å²) in [5.74, 6) is -1.88. The van der Waals surface area contributed by atoms with Crippen molar-refractivity contribution in [2.75, 3.05) is 50.9 Å². The third-order valence-electron chi connectivity index (χ3n) is 8.04. The second-order valence-electron chi connectivity index (χ2n) is 10.5. The molecule has 1 N–H and O–H groups in total. The Morgan fingerprint density at radius 3 is 2.36 bits per heavy atom. The van der Waals surface area contributed by atoms with Gasteiger partial charge in [-0.25, -0.2) is 14.8 Å². The molecule has 1 spiro atoms.